The number of hydrogen-bond acceptors (Lipinski definition) is 4. The van der Waals surface area contributed by atoms with Crippen LogP contribution in [0.1, 0.15) is 19.6 Å². The van der Waals surface area contributed by atoms with E-state index in [1.165, 1.54) is 20.1 Å². The van der Waals surface area contributed by atoms with E-state index in [4.69, 9.17) is 9.15 Å². The van der Waals surface area contributed by atoms with Gasteiger partial charge >= 0.3 is 5.97 Å². The zero-order chi connectivity index (χ0) is 12.1. The quantitative estimate of drug-likeness (QED) is 0.564. The highest BCUT2D eigenvalue weighted by Crippen LogP contribution is 2.09. The van der Waals surface area contributed by atoms with E-state index in [2.05, 4.69) is 6.58 Å². The van der Waals surface area contributed by atoms with Gasteiger partial charge < -0.3 is 9.15 Å². The molecule has 0 spiro atoms. The fourth-order valence-corrected chi connectivity index (χ4v) is 1.11. The Labute approximate surface area is 93.9 Å². The summed E-state index contributed by atoms with van der Waals surface area (Å²) in [6.07, 6.45) is 0.949. The standard InChI is InChI=1S/C12H14O4/c1-8(2)12(14)16-11(9(3)13)7-10-5-4-6-15-10/h4-6,11H,1,7H2,2-3H3. The summed E-state index contributed by atoms with van der Waals surface area (Å²) >= 11 is 0. The molecule has 0 N–H and O–H groups in total. The van der Waals surface area contributed by atoms with Crippen LogP contribution in [0.2, 0.25) is 0 Å². The second-order valence-electron chi connectivity index (χ2n) is 3.57. The first-order valence-electron chi connectivity index (χ1n) is 4.90. The lowest BCUT2D eigenvalue weighted by Gasteiger charge is -2.13. The number of furan rings is 1. The minimum absolute atomic E-state index is 0.217. The van der Waals surface area contributed by atoms with Gasteiger partial charge in [0.05, 0.1) is 12.7 Å². The van der Waals surface area contributed by atoms with Crippen molar-refractivity contribution in [3.63, 3.8) is 0 Å². The minimum atomic E-state index is -0.810. The average molecular weight is 222 g/mol. The van der Waals surface area contributed by atoms with Crippen LogP contribution < -0.4 is 0 Å². The second-order valence-corrected chi connectivity index (χ2v) is 3.57. The lowest BCUT2D eigenvalue weighted by Crippen LogP contribution is -2.27. The van der Waals surface area contributed by atoms with E-state index < -0.39 is 12.1 Å². The monoisotopic (exact) mass is 222 g/mol. The average Bonchev–Trinajstić information content (AvgIpc) is 2.68. The predicted octanol–water partition coefficient (Wildman–Crippen LogP) is 1.90. The fraction of sp³-hybridized carbons (Fsp3) is 0.333. The molecule has 86 valence electrons. The lowest BCUT2D eigenvalue weighted by atomic mass is 10.1. The number of hydrogen-bond donors (Lipinski definition) is 0. The van der Waals surface area contributed by atoms with Crippen LogP contribution in [0, 0.1) is 0 Å². The van der Waals surface area contributed by atoms with Crippen LogP contribution in [0.3, 0.4) is 0 Å². The normalized spacial score (nSPS) is 11.9. The van der Waals surface area contributed by atoms with Crippen molar-refractivity contribution in [1.29, 1.82) is 0 Å². The minimum Gasteiger partial charge on any atom is -0.469 e. The van der Waals surface area contributed by atoms with E-state index in [0.717, 1.165) is 0 Å². The van der Waals surface area contributed by atoms with Crippen molar-refractivity contribution in [3.05, 3.63) is 36.3 Å². The summed E-state index contributed by atoms with van der Waals surface area (Å²) in [7, 11) is 0. The van der Waals surface area contributed by atoms with E-state index in [-0.39, 0.29) is 17.8 Å². The first-order valence-corrected chi connectivity index (χ1v) is 4.90. The van der Waals surface area contributed by atoms with E-state index in [0.29, 0.717) is 5.76 Å². The van der Waals surface area contributed by atoms with E-state index in [1.54, 1.807) is 12.1 Å². The van der Waals surface area contributed by atoms with E-state index in [9.17, 15) is 9.59 Å². The summed E-state index contributed by atoms with van der Waals surface area (Å²) < 4.78 is 10.1. The molecule has 0 bridgehead atoms. The summed E-state index contributed by atoms with van der Waals surface area (Å²) in [6, 6.07) is 3.44. The maximum absolute atomic E-state index is 11.3. The van der Waals surface area contributed by atoms with Gasteiger partial charge in [0.1, 0.15) is 5.76 Å². The predicted molar refractivity (Wildman–Crippen MR) is 57.8 cm³/mol. The third-order valence-electron chi connectivity index (χ3n) is 2.02. The Morgan fingerprint density at radius 2 is 2.19 bits per heavy atom. The SMILES string of the molecule is C=C(C)C(=O)OC(Cc1ccco1)C(C)=O. The van der Waals surface area contributed by atoms with Crippen molar-refractivity contribution in [2.24, 2.45) is 0 Å². The van der Waals surface area contributed by atoms with Crippen molar-refractivity contribution in [2.45, 2.75) is 26.4 Å². The fourth-order valence-electron chi connectivity index (χ4n) is 1.11. The number of ether oxygens (including phenoxy) is 1. The topological polar surface area (TPSA) is 56.5 Å². The highest BCUT2D eigenvalue weighted by atomic mass is 16.5. The Kier molecular flexibility index (Phi) is 4.05. The largest absolute Gasteiger partial charge is 0.469 e. The van der Waals surface area contributed by atoms with Crippen molar-refractivity contribution in [1.82, 2.24) is 0 Å². The number of carbonyl (C=O) groups excluding carboxylic acids is 2. The van der Waals surface area contributed by atoms with Gasteiger partial charge in [-0.25, -0.2) is 4.79 Å². The Morgan fingerprint density at radius 1 is 1.50 bits per heavy atom. The van der Waals surface area contributed by atoms with Crippen molar-refractivity contribution < 1.29 is 18.7 Å². The summed E-state index contributed by atoms with van der Waals surface area (Å²) in [4.78, 5) is 22.6. The molecule has 0 aliphatic carbocycles. The molecule has 1 unspecified atom stereocenters. The van der Waals surface area contributed by atoms with Gasteiger partial charge in [-0.05, 0) is 26.0 Å². The number of esters is 1. The highest BCUT2D eigenvalue weighted by Gasteiger charge is 2.21. The molecule has 0 saturated carbocycles. The van der Waals surface area contributed by atoms with Crippen LogP contribution in [-0.2, 0) is 20.7 Å². The molecule has 0 aliphatic heterocycles. The molecule has 0 amide bonds. The molecule has 0 radical (unpaired) electrons. The van der Waals surface area contributed by atoms with Gasteiger partial charge in [0.25, 0.3) is 0 Å². The zero-order valence-electron chi connectivity index (χ0n) is 9.36. The molecule has 4 heteroatoms. The molecule has 1 heterocycles. The van der Waals surface area contributed by atoms with Gasteiger partial charge in [0, 0.05) is 5.57 Å². The highest BCUT2D eigenvalue weighted by molar-refractivity contribution is 5.90. The maximum atomic E-state index is 11.3. The molecular weight excluding hydrogens is 208 g/mol. The number of rotatable bonds is 5. The second kappa shape index (κ2) is 5.30. The van der Waals surface area contributed by atoms with Crippen LogP contribution in [0.15, 0.2) is 35.0 Å². The van der Waals surface area contributed by atoms with Gasteiger partial charge in [-0.2, -0.15) is 0 Å². The van der Waals surface area contributed by atoms with Crippen LogP contribution in [-0.4, -0.2) is 17.9 Å². The van der Waals surface area contributed by atoms with Crippen LogP contribution in [0.4, 0.5) is 0 Å². The van der Waals surface area contributed by atoms with Crippen molar-refractivity contribution in [3.8, 4) is 0 Å². The number of carbonyl (C=O) groups is 2. The van der Waals surface area contributed by atoms with E-state index in [1.807, 2.05) is 0 Å². The third-order valence-corrected chi connectivity index (χ3v) is 2.02. The van der Waals surface area contributed by atoms with Crippen LogP contribution in [0.5, 0.6) is 0 Å². The Bertz CT molecular complexity index is 389. The third kappa shape index (κ3) is 3.38. The first kappa shape index (κ1) is 12.2. The summed E-state index contributed by atoms with van der Waals surface area (Å²) in [5, 5.41) is 0. The summed E-state index contributed by atoms with van der Waals surface area (Å²) in [5.74, 6) is -0.174. The van der Waals surface area contributed by atoms with Crippen LogP contribution in [0.25, 0.3) is 0 Å². The molecule has 0 saturated heterocycles. The van der Waals surface area contributed by atoms with Gasteiger partial charge in [0.2, 0.25) is 0 Å². The Balaban J connectivity index is 2.65. The van der Waals surface area contributed by atoms with E-state index >= 15 is 0 Å². The van der Waals surface area contributed by atoms with Crippen molar-refractivity contribution >= 4 is 11.8 Å². The molecule has 1 aromatic rings. The lowest BCUT2D eigenvalue weighted by molar-refractivity contribution is -0.150. The van der Waals surface area contributed by atoms with Gasteiger partial charge in [-0.3, -0.25) is 4.79 Å². The maximum Gasteiger partial charge on any atom is 0.333 e. The zero-order valence-corrected chi connectivity index (χ0v) is 9.36. The molecular formula is C12H14O4. The molecule has 0 aromatic carbocycles. The van der Waals surface area contributed by atoms with Crippen LogP contribution >= 0.6 is 0 Å². The smallest absolute Gasteiger partial charge is 0.333 e. The van der Waals surface area contributed by atoms with Gasteiger partial charge in [-0.15, -0.1) is 0 Å². The van der Waals surface area contributed by atoms with Gasteiger partial charge in [0.15, 0.2) is 11.9 Å². The molecule has 0 aliphatic rings. The molecule has 1 atom stereocenters. The Morgan fingerprint density at radius 3 is 2.62 bits per heavy atom. The van der Waals surface area contributed by atoms with Gasteiger partial charge in [-0.1, -0.05) is 6.58 Å². The van der Waals surface area contributed by atoms with Crippen molar-refractivity contribution in [2.75, 3.05) is 0 Å². The molecule has 0 fully saturated rings. The summed E-state index contributed by atoms with van der Waals surface area (Å²) in [6.45, 7) is 6.36. The number of Topliss-reactive ketones (excluding diaryl/α,β-unsaturated/α-hetero) is 1. The molecule has 1 aromatic heterocycles. The Hall–Kier alpha value is -1.84. The molecule has 16 heavy (non-hydrogen) atoms. The number of ketones is 1. The summed E-state index contributed by atoms with van der Waals surface area (Å²) in [5.41, 5.74) is 0.269. The molecule has 1 rings (SSSR count). The first-order chi connectivity index (χ1) is 7.50. The molecule has 4 nitrogen and oxygen atoms in total.